The summed E-state index contributed by atoms with van der Waals surface area (Å²) in [6.07, 6.45) is 3.75. The molecule has 0 aliphatic rings. The van der Waals surface area contributed by atoms with Crippen molar-refractivity contribution in [2.24, 2.45) is 5.73 Å². The molecule has 13 heavy (non-hydrogen) atoms. The lowest BCUT2D eigenvalue weighted by Gasteiger charge is -1.99. The fourth-order valence-electron chi connectivity index (χ4n) is 0.898. The molecule has 0 heterocycles. The minimum atomic E-state index is 0.0232. The van der Waals surface area contributed by atoms with E-state index in [1.54, 1.807) is 12.1 Å². The van der Waals surface area contributed by atoms with Crippen molar-refractivity contribution >= 4 is 29.3 Å². The average molecular weight is 216 g/mol. The van der Waals surface area contributed by atoms with Crippen LogP contribution in [0.15, 0.2) is 24.3 Å². The van der Waals surface area contributed by atoms with Gasteiger partial charge in [-0.05, 0) is 30.7 Å². The van der Waals surface area contributed by atoms with Crippen LogP contribution in [0.1, 0.15) is 12.5 Å². The lowest BCUT2D eigenvalue weighted by atomic mass is 10.2. The van der Waals surface area contributed by atoms with Gasteiger partial charge in [-0.3, -0.25) is 0 Å². The maximum absolute atomic E-state index is 5.93. The van der Waals surface area contributed by atoms with Gasteiger partial charge in [-0.1, -0.05) is 35.4 Å². The lowest BCUT2D eigenvalue weighted by Crippen LogP contribution is -2.09. The Morgan fingerprint density at radius 2 is 2.08 bits per heavy atom. The van der Waals surface area contributed by atoms with Crippen LogP contribution in [0.4, 0.5) is 0 Å². The second kappa shape index (κ2) is 4.66. The minimum Gasteiger partial charge on any atom is -0.325 e. The molecule has 0 saturated heterocycles. The molecule has 1 aromatic rings. The molecule has 0 radical (unpaired) electrons. The molecule has 0 aliphatic carbocycles. The fraction of sp³-hybridized carbons (Fsp3) is 0.200. The Morgan fingerprint density at radius 1 is 1.38 bits per heavy atom. The van der Waals surface area contributed by atoms with Crippen LogP contribution in [0.3, 0.4) is 0 Å². The van der Waals surface area contributed by atoms with Crippen LogP contribution < -0.4 is 5.73 Å². The number of benzene rings is 1. The van der Waals surface area contributed by atoms with Gasteiger partial charge in [0.05, 0.1) is 0 Å². The highest BCUT2D eigenvalue weighted by Crippen LogP contribution is 2.21. The van der Waals surface area contributed by atoms with E-state index in [2.05, 4.69) is 0 Å². The van der Waals surface area contributed by atoms with E-state index in [0.717, 1.165) is 5.56 Å². The molecule has 1 nitrogen and oxygen atoms in total. The first-order chi connectivity index (χ1) is 6.09. The van der Waals surface area contributed by atoms with Crippen molar-refractivity contribution in [1.29, 1.82) is 0 Å². The molecule has 3 heteroatoms. The second-order valence-electron chi connectivity index (χ2n) is 2.88. The Balaban J connectivity index is 2.93. The number of rotatable bonds is 2. The third-order valence-corrected chi connectivity index (χ3v) is 2.12. The van der Waals surface area contributed by atoms with Crippen molar-refractivity contribution in [3.63, 3.8) is 0 Å². The minimum absolute atomic E-state index is 0.0232. The Hall–Kier alpha value is -0.500. The van der Waals surface area contributed by atoms with Gasteiger partial charge in [0.1, 0.15) is 0 Å². The highest BCUT2D eigenvalue weighted by molar-refractivity contribution is 6.34. The van der Waals surface area contributed by atoms with Gasteiger partial charge in [-0.2, -0.15) is 0 Å². The topological polar surface area (TPSA) is 26.0 Å². The molecule has 1 atom stereocenters. The van der Waals surface area contributed by atoms with Crippen LogP contribution in [0.25, 0.3) is 6.08 Å². The molecule has 70 valence electrons. The molecule has 1 rings (SSSR count). The summed E-state index contributed by atoms with van der Waals surface area (Å²) in [4.78, 5) is 0. The Kier molecular flexibility index (Phi) is 3.79. The van der Waals surface area contributed by atoms with E-state index in [4.69, 9.17) is 28.9 Å². The fourth-order valence-corrected chi connectivity index (χ4v) is 1.26. The summed E-state index contributed by atoms with van der Waals surface area (Å²) >= 11 is 11.7. The molecule has 1 unspecified atom stereocenters. The Labute approximate surface area is 88.1 Å². The monoisotopic (exact) mass is 215 g/mol. The standard InChI is InChI=1S/C10H11Cl2N/c1-7(13)2-3-8-6-9(11)4-5-10(8)12/h2-7H,13H2,1H3/b3-2+. The largest absolute Gasteiger partial charge is 0.325 e. The van der Waals surface area contributed by atoms with Gasteiger partial charge in [0, 0.05) is 16.1 Å². The SMILES string of the molecule is CC(N)/C=C/c1cc(Cl)ccc1Cl. The zero-order chi connectivity index (χ0) is 9.84. The van der Waals surface area contributed by atoms with E-state index >= 15 is 0 Å². The number of hydrogen-bond donors (Lipinski definition) is 1. The van der Waals surface area contributed by atoms with Crippen LogP contribution in [-0.4, -0.2) is 6.04 Å². The summed E-state index contributed by atoms with van der Waals surface area (Å²) < 4.78 is 0. The quantitative estimate of drug-likeness (QED) is 0.805. The van der Waals surface area contributed by atoms with Crippen molar-refractivity contribution in [2.45, 2.75) is 13.0 Å². The summed E-state index contributed by atoms with van der Waals surface area (Å²) in [6, 6.07) is 5.36. The molecule has 2 N–H and O–H groups in total. The third-order valence-electron chi connectivity index (χ3n) is 1.54. The maximum Gasteiger partial charge on any atom is 0.0479 e. The van der Waals surface area contributed by atoms with Gasteiger partial charge in [-0.25, -0.2) is 0 Å². The van der Waals surface area contributed by atoms with E-state index in [1.807, 2.05) is 25.1 Å². The highest BCUT2D eigenvalue weighted by Gasteiger charge is 1.97. The van der Waals surface area contributed by atoms with Crippen molar-refractivity contribution in [1.82, 2.24) is 0 Å². The highest BCUT2D eigenvalue weighted by atomic mass is 35.5. The van der Waals surface area contributed by atoms with Gasteiger partial charge in [0.2, 0.25) is 0 Å². The Bertz CT molecular complexity index is 319. The van der Waals surface area contributed by atoms with E-state index < -0.39 is 0 Å². The second-order valence-corrected chi connectivity index (χ2v) is 3.73. The van der Waals surface area contributed by atoms with Gasteiger partial charge in [0.15, 0.2) is 0 Å². The third kappa shape index (κ3) is 3.39. The van der Waals surface area contributed by atoms with E-state index in [9.17, 15) is 0 Å². The predicted octanol–water partition coefficient (Wildman–Crippen LogP) is 3.35. The predicted molar refractivity (Wildman–Crippen MR) is 59.1 cm³/mol. The van der Waals surface area contributed by atoms with Crippen molar-refractivity contribution in [3.8, 4) is 0 Å². The number of nitrogens with two attached hydrogens (primary N) is 1. The van der Waals surface area contributed by atoms with Crippen LogP contribution >= 0.6 is 23.2 Å². The molecule has 1 aromatic carbocycles. The zero-order valence-corrected chi connectivity index (χ0v) is 8.81. The molecule has 0 spiro atoms. The van der Waals surface area contributed by atoms with Crippen LogP contribution in [0.2, 0.25) is 10.0 Å². The first-order valence-corrected chi connectivity index (χ1v) is 4.74. The molecule has 0 bridgehead atoms. The smallest absolute Gasteiger partial charge is 0.0479 e. The molecular formula is C10H11Cl2N. The van der Waals surface area contributed by atoms with Gasteiger partial charge < -0.3 is 5.73 Å². The summed E-state index contributed by atoms with van der Waals surface area (Å²) in [7, 11) is 0. The first kappa shape index (κ1) is 10.6. The molecule has 0 aliphatic heterocycles. The molecule has 0 saturated carbocycles. The van der Waals surface area contributed by atoms with Crippen molar-refractivity contribution in [3.05, 3.63) is 39.9 Å². The van der Waals surface area contributed by atoms with Crippen LogP contribution in [-0.2, 0) is 0 Å². The lowest BCUT2D eigenvalue weighted by molar-refractivity contribution is 0.931. The maximum atomic E-state index is 5.93. The van der Waals surface area contributed by atoms with E-state index in [0.29, 0.717) is 10.0 Å². The summed E-state index contributed by atoms with van der Waals surface area (Å²) in [6.45, 7) is 1.90. The molecule has 0 amide bonds. The van der Waals surface area contributed by atoms with Gasteiger partial charge >= 0.3 is 0 Å². The number of halogens is 2. The van der Waals surface area contributed by atoms with E-state index in [1.165, 1.54) is 0 Å². The summed E-state index contributed by atoms with van der Waals surface area (Å²) in [5.74, 6) is 0. The van der Waals surface area contributed by atoms with Gasteiger partial charge in [0.25, 0.3) is 0 Å². The van der Waals surface area contributed by atoms with Crippen LogP contribution in [0.5, 0.6) is 0 Å². The average Bonchev–Trinajstić information content (AvgIpc) is 2.06. The Morgan fingerprint density at radius 3 is 2.69 bits per heavy atom. The van der Waals surface area contributed by atoms with Gasteiger partial charge in [-0.15, -0.1) is 0 Å². The zero-order valence-electron chi connectivity index (χ0n) is 7.30. The first-order valence-electron chi connectivity index (χ1n) is 3.98. The normalized spacial score (nSPS) is 13.5. The summed E-state index contributed by atoms with van der Waals surface area (Å²) in [5, 5.41) is 1.36. The summed E-state index contributed by atoms with van der Waals surface area (Å²) in [5.41, 5.74) is 6.46. The van der Waals surface area contributed by atoms with Crippen molar-refractivity contribution < 1.29 is 0 Å². The molecule has 0 aromatic heterocycles. The molecular weight excluding hydrogens is 205 g/mol. The van der Waals surface area contributed by atoms with Crippen LogP contribution in [0, 0.1) is 0 Å². The molecule has 0 fully saturated rings. The number of hydrogen-bond acceptors (Lipinski definition) is 1. The van der Waals surface area contributed by atoms with Crippen molar-refractivity contribution in [2.75, 3.05) is 0 Å². The van der Waals surface area contributed by atoms with E-state index in [-0.39, 0.29) is 6.04 Å².